The summed E-state index contributed by atoms with van der Waals surface area (Å²) in [7, 11) is -16.7. The number of nitrogens with zero attached hydrogens (tertiary/aromatic N) is 4. The van der Waals surface area contributed by atoms with Gasteiger partial charge in [0.05, 0.1) is 19.9 Å². The predicted octanol–water partition coefficient (Wildman–Crippen LogP) is -1.46. The number of amides is 2. The average molecular weight is 916 g/mol. The summed E-state index contributed by atoms with van der Waals surface area (Å²) in [4.78, 5) is 91.3. The fraction of sp³-hybridized carbons (Fsp3) is 0.533. The molecule has 2 amide bonds. The van der Waals surface area contributed by atoms with Crippen molar-refractivity contribution in [1.82, 2.24) is 15.5 Å². The maximum absolute atomic E-state index is 13.9. The van der Waals surface area contributed by atoms with Crippen molar-refractivity contribution in [3.8, 4) is 5.75 Å². The molecule has 3 aliphatic heterocycles. The summed E-state index contributed by atoms with van der Waals surface area (Å²) < 4.78 is 61.9. The van der Waals surface area contributed by atoms with Crippen LogP contribution in [0.1, 0.15) is 25.8 Å². The van der Waals surface area contributed by atoms with Crippen molar-refractivity contribution in [1.29, 1.82) is 0 Å². The lowest BCUT2D eigenvalue weighted by molar-refractivity contribution is -0.140. The lowest BCUT2D eigenvalue weighted by atomic mass is 9.87. The number of nitrogens with one attached hydrogen (secondary N) is 2. The molecule has 3 aliphatic rings. The third kappa shape index (κ3) is 12.6. The summed E-state index contributed by atoms with van der Waals surface area (Å²) in [5.41, 5.74) is 2.52. The summed E-state index contributed by atoms with van der Waals surface area (Å²) in [6.07, 6.45) is -6.44. The van der Waals surface area contributed by atoms with Gasteiger partial charge in [0, 0.05) is 30.7 Å². The number of phosphoric acid groups is 3. The van der Waals surface area contributed by atoms with Crippen LogP contribution >= 0.6 is 36.1 Å². The van der Waals surface area contributed by atoms with E-state index in [1.807, 2.05) is 0 Å². The third-order valence-corrected chi connectivity index (χ3v) is 12.0. The molecule has 0 bridgehead atoms. The molecule has 0 spiro atoms. The van der Waals surface area contributed by atoms with Crippen molar-refractivity contribution in [2.75, 3.05) is 38.7 Å². The molecular weight excluding hydrogens is 871 g/mol. The molecule has 1 aromatic rings. The highest BCUT2D eigenvalue weighted by atomic mass is 32.1. The maximum atomic E-state index is 13.9. The minimum absolute atomic E-state index is 0.0370. The van der Waals surface area contributed by atoms with Crippen LogP contribution in [0, 0.1) is 5.41 Å². The highest BCUT2D eigenvalue weighted by Gasteiger charge is 2.61. The first-order valence-corrected chi connectivity index (χ1v) is 22.3. The number of ketones is 1. The first kappa shape index (κ1) is 48.4. The number of thiol groups is 1. The Balaban J connectivity index is 1.44. The Morgan fingerprint density at radius 2 is 1.76 bits per heavy atom. The average Bonchev–Trinajstić information content (AvgIpc) is 3.68. The SMILES string of the molecule is CC(C)(COP(=O)(O)OP(=O)(O)OC[C@H]1O[C@@H](N2CN=C3C(N)=NC=NC32C(=O)/C=C/c2ccc(O)cc2)[C@H](O)[C@@H]1OP(=O)(O)O)[C@@H](O)C(=O)NCCC(=O)NCCS. The number of aliphatic hydroxyl groups excluding tert-OH is 2. The normalized spacial score (nSPS) is 26.1. The number of aromatic hydroxyl groups is 1. The van der Waals surface area contributed by atoms with E-state index in [1.54, 1.807) is 0 Å². The number of fused-ring (bicyclic) bond motifs is 1. The largest absolute Gasteiger partial charge is 0.508 e. The highest BCUT2D eigenvalue weighted by Crippen LogP contribution is 2.61. The van der Waals surface area contributed by atoms with Gasteiger partial charge in [-0.25, -0.2) is 28.6 Å². The van der Waals surface area contributed by atoms with E-state index in [1.165, 1.54) is 44.2 Å². The summed E-state index contributed by atoms with van der Waals surface area (Å²) in [5.74, 6) is -2.07. The van der Waals surface area contributed by atoms with Gasteiger partial charge in [0.25, 0.3) is 0 Å². The van der Waals surface area contributed by atoms with Crippen LogP contribution in [0.15, 0.2) is 45.3 Å². The number of phosphoric ester groups is 3. The molecule has 4 rings (SSSR count). The number of amidine groups is 1. The number of phenolic OH excluding ortho intramolecular Hbond substituents is 1. The predicted molar refractivity (Wildman–Crippen MR) is 208 cm³/mol. The molecule has 25 nitrogen and oxygen atoms in total. The lowest BCUT2D eigenvalue weighted by Gasteiger charge is -2.38. The zero-order valence-corrected chi connectivity index (χ0v) is 34.7. The zero-order valence-electron chi connectivity index (χ0n) is 31.2. The number of carbonyl (C=O) groups excluding carboxylic acids is 3. The Morgan fingerprint density at radius 3 is 2.41 bits per heavy atom. The molecule has 29 heteroatoms. The second-order valence-electron chi connectivity index (χ2n) is 13.5. The Kier molecular flexibility index (Phi) is 16.1. The second-order valence-corrected chi connectivity index (χ2v) is 18.2. The smallest absolute Gasteiger partial charge is 0.481 e. The molecule has 59 heavy (non-hydrogen) atoms. The number of aliphatic imine (C=N–C) groups is 3. The van der Waals surface area contributed by atoms with Crippen LogP contribution in [-0.4, -0.2) is 150 Å². The number of carbonyl (C=O) groups is 3. The van der Waals surface area contributed by atoms with Gasteiger partial charge in [0.1, 0.15) is 48.4 Å². The molecule has 328 valence electrons. The fourth-order valence-electron chi connectivity index (χ4n) is 5.69. The van der Waals surface area contributed by atoms with Crippen LogP contribution in [0.4, 0.5) is 0 Å². The van der Waals surface area contributed by atoms with Crippen molar-refractivity contribution in [3.05, 3.63) is 35.9 Å². The van der Waals surface area contributed by atoms with E-state index >= 15 is 0 Å². The van der Waals surface area contributed by atoms with Gasteiger partial charge in [-0.15, -0.1) is 0 Å². The molecule has 0 saturated carbocycles. The Bertz CT molecular complexity index is 2000. The van der Waals surface area contributed by atoms with E-state index in [9.17, 15) is 63.0 Å². The van der Waals surface area contributed by atoms with Crippen LogP contribution in [0.25, 0.3) is 6.08 Å². The first-order chi connectivity index (χ1) is 27.4. The molecule has 0 aliphatic carbocycles. The van der Waals surface area contributed by atoms with Crippen LogP contribution in [0.2, 0.25) is 0 Å². The zero-order chi connectivity index (χ0) is 44.0. The number of aliphatic hydroxyl groups is 2. The summed E-state index contributed by atoms with van der Waals surface area (Å²) in [6, 6.07) is 5.72. The monoisotopic (exact) mass is 915 g/mol. The standard InChI is InChI=1S/C30H44N7O18P3S/c1-29(2,25(42)27(43)33-10-9-21(40)32-11-12-59)14-52-58(49,50)55-57(47,48)51-13-19-23(54-56(44,45)46)22(41)28(53-19)37-16-35-24-26(31)34-15-36-30(24,37)20(39)8-5-17-3-6-18(38)7-4-17/h3-8,15,19,22-23,25,28,38,41-42,59H,9-14,16H2,1-2H3,(H,32,40)(H,33,43)(H,47,48)(H,49,50)(H2,31,34,36)(H2,44,45,46)/b8-5+/t19-,22-,23-,25+,28-,30?/m1/s1. The van der Waals surface area contributed by atoms with E-state index in [0.717, 1.165) is 17.3 Å². The van der Waals surface area contributed by atoms with E-state index < -0.39 is 103 Å². The van der Waals surface area contributed by atoms with E-state index in [2.05, 4.69) is 42.6 Å². The minimum atomic E-state index is -5.67. The molecule has 8 atom stereocenters. The maximum Gasteiger partial charge on any atom is 0.481 e. The molecule has 1 fully saturated rings. The number of nitrogens with two attached hydrogens (primary N) is 1. The van der Waals surface area contributed by atoms with Crippen LogP contribution in [0.3, 0.4) is 0 Å². The van der Waals surface area contributed by atoms with Crippen molar-refractivity contribution in [2.45, 2.75) is 56.6 Å². The number of ether oxygens (including phenoxy) is 1. The Labute approximate surface area is 341 Å². The summed E-state index contributed by atoms with van der Waals surface area (Å²) in [5, 5.41) is 36.3. The van der Waals surface area contributed by atoms with Gasteiger partial charge in [-0.2, -0.15) is 16.9 Å². The van der Waals surface area contributed by atoms with Crippen LogP contribution in [0.5, 0.6) is 5.75 Å². The minimum Gasteiger partial charge on any atom is -0.508 e. The lowest BCUT2D eigenvalue weighted by Crippen LogP contribution is -2.63. The van der Waals surface area contributed by atoms with Crippen molar-refractivity contribution >= 4 is 77.7 Å². The molecule has 0 radical (unpaired) electrons. The summed E-state index contributed by atoms with van der Waals surface area (Å²) in [6.45, 7) is -0.00689. The van der Waals surface area contributed by atoms with Gasteiger partial charge < -0.3 is 56.0 Å². The quantitative estimate of drug-likeness (QED) is 0.0381. The topological polar surface area (TPSA) is 381 Å². The molecule has 1 saturated heterocycles. The van der Waals surface area contributed by atoms with Gasteiger partial charge in [0.2, 0.25) is 23.3 Å². The van der Waals surface area contributed by atoms with E-state index in [0.29, 0.717) is 17.9 Å². The number of hydrogen-bond donors (Lipinski definition) is 11. The molecule has 3 unspecified atom stereocenters. The third-order valence-electron chi connectivity index (χ3n) is 8.63. The molecular formula is C30H44N7O18P3S. The molecule has 3 heterocycles. The van der Waals surface area contributed by atoms with Gasteiger partial charge in [-0.1, -0.05) is 32.1 Å². The van der Waals surface area contributed by atoms with E-state index in [-0.39, 0.29) is 30.3 Å². The van der Waals surface area contributed by atoms with Crippen LogP contribution < -0.4 is 16.4 Å². The second kappa shape index (κ2) is 19.6. The van der Waals surface area contributed by atoms with Crippen LogP contribution in [-0.2, 0) is 50.7 Å². The fourth-order valence-corrected chi connectivity index (χ4v) is 8.63. The number of rotatable bonds is 21. The molecule has 11 N–H and O–H groups in total. The Hall–Kier alpha value is -3.26. The number of phenols is 1. The van der Waals surface area contributed by atoms with Gasteiger partial charge >= 0.3 is 23.5 Å². The van der Waals surface area contributed by atoms with Crippen molar-refractivity contribution < 1.29 is 85.6 Å². The van der Waals surface area contributed by atoms with Crippen molar-refractivity contribution in [3.63, 3.8) is 0 Å². The molecule has 0 aromatic heterocycles. The molecule has 1 aromatic carbocycles. The van der Waals surface area contributed by atoms with E-state index in [4.69, 9.17) is 24.0 Å². The number of hydrogen-bond acceptors (Lipinski definition) is 20. The Morgan fingerprint density at radius 1 is 1.10 bits per heavy atom. The van der Waals surface area contributed by atoms with Gasteiger partial charge in [0.15, 0.2) is 5.84 Å². The van der Waals surface area contributed by atoms with Gasteiger partial charge in [-0.3, -0.25) is 32.9 Å². The first-order valence-electron chi connectivity index (χ1n) is 17.2. The number of benzene rings is 1. The highest BCUT2D eigenvalue weighted by molar-refractivity contribution is 7.80. The summed E-state index contributed by atoms with van der Waals surface area (Å²) >= 11 is 3.96. The van der Waals surface area contributed by atoms with Gasteiger partial charge in [-0.05, 0) is 23.8 Å². The van der Waals surface area contributed by atoms with Crippen molar-refractivity contribution in [2.24, 2.45) is 26.1 Å².